The zero-order chi connectivity index (χ0) is 20.0. The molecule has 0 N–H and O–H groups in total. The van der Waals surface area contributed by atoms with Crippen molar-refractivity contribution in [3.8, 4) is 5.75 Å². The number of benzene rings is 2. The van der Waals surface area contributed by atoms with Crippen LogP contribution in [0.3, 0.4) is 0 Å². The molecule has 0 radical (unpaired) electrons. The fraction of sp³-hybridized carbons (Fsp3) is 0.190. The Balaban J connectivity index is 1.51. The van der Waals surface area contributed by atoms with Crippen molar-refractivity contribution in [2.24, 2.45) is 5.16 Å². The van der Waals surface area contributed by atoms with Crippen LogP contribution in [-0.2, 0) is 24.2 Å². The maximum Gasteiger partial charge on any atom is 0.416 e. The average molecular weight is 389 g/mol. The molecule has 0 spiro atoms. The Bertz CT molecular complexity index is 900. The largest absolute Gasteiger partial charge is 0.489 e. The molecule has 146 valence electrons. The van der Waals surface area contributed by atoms with Crippen LogP contribution in [0, 0.1) is 0 Å². The molecule has 0 saturated heterocycles. The third-order valence-electron chi connectivity index (χ3n) is 3.97. The topological polar surface area (TPSA) is 44.0 Å². The van der Waals surface area contributed by atoms with E-state index in [1.54, 1.807) is 19.5 Å². The Morgan fingerprint density at radius 2 is 1.64 bits per heavy atom. The van der Waals surface area contributed by atoms with Crippen LogP contribution in [0.4, 0.5) is 13.2 Å². The molecule has 7 heteroatoms. The van der Waals surface area contributed by atoms with Crippen LogP contribution < -0.4 is 4.74 Å². The lowest BCUT2D eigenvalue weighted by Crippen LogP contribution is -2.04. The lowest BCUT2D eigenvalue weighted by molar-refractivity contribution is -0.137. The van der Waals surface area contributed by atoms with Gasteiger partial charge in [-0.25, -0.2) is 0 Å². The van der Waals surface area contributed by atoms with E-state index in [9.17, 15) is 13.2 Å². The van der Waals surface area contributed by atoms with E-state index in [0.29, 0.717) is 23.6 Å². The summed E-state index contributed by atoms with van der Waals surface area (Å²) < 4.78 is 48.3. The summed E-state index contributed by atoms with van der Waals surface area (Å²) in [6.07, 6.45) is -1.13. The summed E-state index contributed by atoms with van der Waals surface area (Å²) in [6, 6.07) is 14.0. The number of hydrogen-bond acceptors (Lipinski definition) is 4. The van der Waals surface area contributed by atoms with Gasteiger partial charge in [0.2, 0.25) is 0 Å². The van der Waals surface area contributed by atoms with E-state index in [2.05, 4.69) is 5.16 Å². The van der Waals surface area contributed by atoms with Gasteiger partial charge < -0.3 is 14.0 Å². The number of nitrogens with zero attached hydrogens (tertiary/aromatic N) is 1. The highest BCUT2D eigenvalue weighted by Gasteiger charge is 2.29. The molecule has 0 aliphatic carbocycles. The van der Waals surface area contributed by atoms with Gasteiger partial charge in [-0.15, -0.1) is 0 Å². The molecular formula is C21H18F3NO3. The molecular weight excluding hydrogens is 371 g/mol. The Morgan fingerprint density at radius 3 is 2.25 bits per heavy atom. The zero-order valence-electron chi connectivity index (χ0n) is 15.1. The van der Waals surface area contributed by atoms with Crippen molar-refractivity contribution < 1.29 is 27.2 Å². The first kappa shape index (κ1) is 19.5. The second-order valence-corrected chi connectivity index (χ2v) is 6.09. The molecule has 2 aromatic carbocycles. The average Bonchev–Trinajstić information content (AvgIpc) is 3.20. The van der Waals surface area contributed by atoms with E-state index in [-0.39, 0.29) is 6.61 Å². The smallest absolute Gasteiger partial charge is 0.416 e. The standard InChI is InChI=1S/C21H18F3NO3/c1-15(25-28-14-16-2-6-19(7-3-16)21(22,23)24)18-4-8-20(9-5-18)27-13-17-10-11-26-12-17/h2-12H,13-14H2,1H3. The van der Waals surface area contributed by atoms with E-state index < -0.39 is 11.7 Å². The van der Waals surface area contributed by atoms with Crippen LogP contribution in [0.5, 0.6) is 5.75 Å². The number of rotatable bonds is 7. The van der Waals surface area contributed by atoms with Gasteiger partial charge in [0.1, 0.15) is 19.0 Å². The number of oxime groups is 1. The van der Waals surface area contributed by atoms with Crippen LogP contribution in [0.15, 0.2) is 76.7 Å². The quantitative estimate of drug-likeness (QED) is 0.378. The van der Waals surface area contributed by atoms with Gasteiger partial charge in [0, 0.05) is 5.56 Å². The molecule has 0 fully saturated rings. The van der Waals surface area contributed by atoms with Gasteiger partial charge in [-0.1, -0.05) is 17.3 Å². The highest BCUT2D eigenvalue weighted by atomic mass is 19.4. The molecule has 0 aliphatic heterocycles. The van der Waals surface area contributed by atoms with E-state index in [1.807, 2.05) is 30.3 Å². The summed E-state index contributed by atoms with van der Waals surface area (Å²) in [4.78, 5) is 5.25. The van der Waals surface area contributed by atoms with Gasteiger partial charge in [-0.2, -0.15) is 13.2 Å². The van der Waals surface area contributed by atoms with Gasteiger partial charge in [-0.3, -0.25) is 0 Å². The summed E-state index contributed by atoms with van der Waals surface area (Å²) in [5.74, 6) is 0.712. The van der Waals surface area contributed by atoms with Gasteiger partial charge >= 0.3 is 6.18 Å². The monoisotopic (exact) mass is 389 g/mol. The molecule has 28 heavy (non-hydrogen) atoms. The minimum atomic E-state index is -4.34. The van der Waals surface area contributed by atoms with E-state index in [0.717, 1.165) is 23.3 Å². The van der Waals surface area contributed by atoms with E-state index in [4.69, 9.17) is 14.0 Å². The Kier molecular flexibility index (Phi) is 6.03. The lowest BCUT2D eigenvalue weighted by Gasteiger charge is -2.08. The third kappa shape index (κ3) is 5.39. The number of hydrogen-bond donors (Lipinski definition) is 0. The van der Waals surface area contributed by atoms with Crippen molar-refractivity contribution in [3.63, 3.8) is 0 Å². The minimum absolute atomic E-state index is 0.0847. The van der Waals surface area contributed by atoms with Crippen LogP contribution in [0.25, 0.3) is 0 Å². The van der Waals surface area contributed by atoms with Gasteiger partial charge in [-0.05, 0) is 60.5 Å². The molecule has 0 aliphatic rings. The Hall–Kier alpha value is -3.22. The second kappa shape index (κ2) is 8.65. The van der Waals surface area contributed by atoms with Crippen LogP contribution in [0.1, 0.15) is 29.2 Å². The van der Waals surface area contributed by atoms with Crippen molar-refractivity contribution in [2.75, 3.05) is 0 Å². The first-order valence-corrected chi connectivity index (χ1v) is 8.49. The summed E-state index contributed by atoms with van der Waals surface area (Å²) in [7, 11) is 0. The first-order valence-electron chi connectivity index (χ1n) is 8.49. The normalized spacial score (nSPS) is 12.1. The summed E-state index contributed by atoms with van der Waals surface area (Å²) in [5.41, 5.74) is 2.36. The molecule has 3 aromatic rings. The van der Waals surface area contributed by atoms with Crippen LogP contribution >= 0.6 is 0 Å². The predicted octanol–water partition coefficient (Wildman–Crippen LogP) is 5.82. The van der Waals surface area contributed by atoms with Crippen molar-refractivity contribution in [3.05, 3.63) is 89.4 Å². The van der Waals surface area contributed by atoms with Crippen molar-refractivity contribution in [1.82, 2.24) is 0 Å². The van der Waals surface area contributed by atoms with Gasteiger partial charge in [0.25, 0.3) is 0 Å². The van der Waals surface area contributed by atoms with Gasteiger partial charge in [0.05, 0.1) is 23.8 Å². The third-order valence-corrected chi connectivity index (χ3v) is 3.97. The van der Waals surface area contributed by atoms with E-state index >= 15 is 0 Å². The molecule has 3 rings (SSSR count). The highest BCUT2D eigenvalue weighted by Crippen LogP contribution is 2.29. The Morgan fingerprint density at radius 1 is 0.929 bits per heavy atom. The Labute approximate surface area is 160 Å². The van der Waals surface area contributed by atoms with Crippen LogP contribution in [-0.4, -0.2) is 5.71 Å². The molecule has 4 nitrogen and oxygen atoms in total. The molecule has 0 amide bonds. The highest BCUT2D eigenvalue weighted by molar-refractivity contribution is 5.98. The summed E-state index contributed by atoms with van der Waals surface area (Å²) in [6.45, 7) is 2.29. The zero-order valence-corrected chi connectivity index (χ0v) is 15.1. The summed E-state index contributed by atoms with van der Waals surface area (Å²) >= 11 is 0. The SMILES string of the molecule is CC(=NOCc1ccc(C(F)(F)F)cc1)c1ccc(OCc2ccoc2)cc1. The number of halogens is 3. The molecule has 0 bridgehead atoms. The minimum Gasteiger partial charge on any atom is -0.489 e. The molecule has 0 atom stereocenters. The number of alkyl halides is 3. The van der Waals surface area contributed by atoms with Crippen molar-refractivity contribution >= 4 is 5.71 Å². The fourth-order valence-corrected chi connectivity index (χ4v) is 2.38. The van der Waals surface area contributed by atoms with Gasteiger partial charge in [0.15, 0.2) is 0 Å². The van der Waals surface area contributed by atoms with Crippen LogP contribution in [0.2, 0.25) is 0 Å². The molecule has 1 aromatic heterocycles. The first-order chi connectivity index (χ1) is 13.4. The number of furan rings is 1. The van der Waals surface area contributed by atoms with Crippen molar-refractivity contribution in [1.29, 1.82) is 0 Å². The maximum absolute atomic E-state index is 12.5. The second-order valence-electron chi connectivity index (χ2n) is 6.09. The summed E-state index contributed by atoms with van der Waals surface area (Å²) in [5, 5.41) is 4.02. The molecule has 0 unspecified atom stereocenters. The predicted molar refractivity (Wildman–Crippen MR) is 97.9 cm³/mol. The lowest BCUT2D eigenvalue weighted by atomic mass is 10.1. The van der Waals surface area contributed by atoms with Crippen molar-refractivity contribution in [2.45, 2.75) is 26.3 Å². The van der Waals surface area contributed by atoms with E-state index in [1.165, 1.54) is 12.1 Å². The number of ether oxygens (including phenoxy) is 1. The molecule has 1 heterocycles. The molecule has 0 saturated carbocycles. The fourth-order valence-electron chi connectivity index (χ4n) is 2.38. The maximum atomic E-state index is 12.5.